The van der Waals surface area contributed by atoms with Crippen molar-refractivity contribution in [3.8, 4) is 0 Å². The number of carbonyl (C=O) groups is 3. The Balaban J connectivity index is 1.80. The van der Waals surface area contributed by atoms with Crippen LogP contribution in [0.2, 0.25) is 0 Å². The molecule has 0 aliphatic heterocycles. The molecule has 0 fully saturated rings. The van der Waals surface area contributed by atoms with E-state index in [9.17, 15) is 14.4 Å². The van der Waals surface area contributed by atoms with E-state index in [0.29, 0.717) is 16.8 Å². The van der Waals surface area contributed by atoms with Crippen molar-refractivity contribution in [3.05, 3.63) is 71.8 Å². The van der Waals surface area contributed by atoms with Gasteiger partial charge in [-0.2, -0.15) is 0 Å². The summed E-state index contributed by atoms with van der Waals surface area (Å²) in [5.74, 6) is -1.49. The van der Waals surface area contributed by atoms with Crippen LogP contribution in [0.25, 0.3) is 6.08 Å². The maximum atomic E-state index is 11.7. The van der Waals surface area contributed by atoms with Crippen LogP contribution in [0.5, 0.6) is 0 Å². The largest absolute Gasteiger partial charge is 0.465 e. The number of hydrogen-bond donors (Lipinski definition) is 1. The smallest absolute Gasteiger partial charge is 0.337 e. The Morgan fingerprint density at radius 1 is 1.00 bits per heavy atom. The molecular formula is C19H17NO5. The Morgan fingerprint density at radius 3 is 2.32 bits per heavy atom. The first-order valence-corrected chi connectivity index (χ1v) is 7.46. The highest BCUT2D eigenvalue weighted by atomic mass is 16.5. The van der Waals surface area contributed by atoms with Crippen molar-refractivity contribution in [1.29, 1.82) is 0 Å². The maximum absolute atomic E-state index is 11.7. The Labute approximate surface area is 145 Å². The molecule has 6 heteroatoms. The van der Waals surface area contributed by atoms with E-state index in [1.807, 2.05) is 6.07 Å². The Hall–Kier alpha value is -3.41. The quantitative estimate of drug-likeness (QED) is 0.646. The normalized spacial score (nSPS) is 10.3. The summed E-state index contributed by atoms with van der Waals surface area (Å²) >= 11 is 0. The van der Waals surface area contributed by atoms with Crippen LogP contribution in [0.3, 0.4) is 0 Å². The van der Waals surface area contributed by atoms with Crippen molar-refractivity contribution in [2.45, 2.75) is 0 Å². The highest BCUT2D eigenvalue weighted by Crippen LogP contribution is 2.08. The van der Waals surface area contributed by atoms with E-state index in [4.69, 9.17) is 4.74 Å². The molecule has 0 bridgehead atoms. The molecule has 0 saturated heterocycles. The fourth-order valence-corrected chi connectivity index (χ4v) is 1.92. The van der Waals surface area contributed by atoms with Gasteiger partial charge in [-0.05, 0) is 35.9 Å². The number of nitrogens with one attached hydrogen (secondary N) is 1. The molecule has 0 spiro atoms. The number of para-hydroxylation sites is 1. The summed E-state index contributed by atoms with van der Waals surface area (Å²) in [7, 11) is 1.31. The molecule has 0 saturated carbocycles. The van der Waals surface area contributed by atoms with Crippen LogP contribution in [0.15, 0.2) is 60.7 Å². The fourth-order valence-electron chi connectivity index (χ4n) is 1.92. The Morgan fingerprint density at radius 2 is 1.68 bits per heavy atom. The average Bonchev–Trinajstić information content (AvgIpc) is 2.65. The molecule has 2 aromatic carbocycles. The van der Waals surface area contributed by atoms with E-state index in [-0.39, 0.29) is 6.61 Å². The van der Waals surface area contributed by atoms with Crippen LogP contribution in [0.4, 0.5) is 5.69 Å². The average molecular weight is 339 g/mol. The number of amides is 1. The number of hydrogen-bond acceptors (Lipinski definition) is 5. The van der Waals surface area contributed by atoms with Crippen molar-refractivity contribution in [1.82, 2.24) is 0 Å². The van der Waals surface area contributed by atoms with Gasteiger partial charge in [-0.3, -0.25) is 4.79 Å². The third-order valence-corrected chi connectivity index (χ3v) is 3.15. The molecule has 0 heterocycles. The van der Waals surface area contributed by atoms with Gasteiger partial charge in [0.1, 0.15) is 0 Å². The highest BCUT2D eigenvalue weighted by molar-refractivity contribution is 5.94. The Bertz CT molecular complexity index is 766. The van der Waals surface area contributed by atoms with Crippen molar-refractivity contribution < 1.29 is 23.9 Å². The van der Waals surface area contributed by atoms with Gasteiger partial charge in [-0.25, -0.2) is 9.59 Å². The van der Waals surface area contributed by atoms with Crippen LogP contribution in [-0.4, -0.2) is 31.6 Å². The minimum absolute atomic E-state index is 0.376. The second-order valence-corrected chi connectivity index (χ2v) is 4.97. The van der Waals surface area contributed by atoms with Crippen molar-refractivity contribution in [3.63, 3.8) is 0 Å². The summed E-state index contributed by atoms with van der Waals surface area (Å²) in [5, 5.41) is 2.61. The number of ether oxygens (including phenoxy) is 2. The second kappa shape index (κ2) is 9.02. The standard InChI is InChI=1S/C19H17NO5/c1-24-19(23)15-10-7-14(8-11-15)9-12-18(22)25-13-17(21)20-16-5-3-2-4-6-16/h2-12H,13H2,1H3,(H,20,21)/b12-9+. The van der Waals surface area contributed by atoms with Gasteiger partial charge in [-0.1, -0.05) is 30.3 Å². The van der Waals surface area contributed by atoms with E-state index >= 15 is 0 Å². The van der Waals surface area contributed by atoms with E-state index < -0.39 is 17.8 Å². The summed E-state index contributed by atoms with van der Waals surface area (Å²) in [6.45, 7) is -0.376. The van der Waals surface area contributed by atoms with E-state index in [0.717, 1.165) is 0 Å². The lowest BCUT2D eigenvalue weighted by Crippen LogP contribution is -2.20. The zero-order valence-corrected chi connectivity index (χ0v) is 13.6. The summed E-state index contributed by atoms with van der Waals surface area (Å²) < 4.78 is 9.47. The minimum Gasteiger partial charge on any atom is -0.465 e. The third kappa shape index (κ3) is 5.95. The van der Waals surface area contributed by atoms with Crippen molar-refractivity contribution >= 4 is 29.6 Å². The molecule has 0 aliphatic rings. The number of benzene rings is 2. The predicted molar refractivity (Wildman–Crippen MR) is 92.8 cm³/mol. The van der Waals surface area contributed by atoms with Gasteiger partial charge in [0.2, 0.25) is 0 Å². The van der Waals surface area contributed by atoms with Gasteiger partial charge in [0.05, 0.1) is 12.7 Å². The predicted octanol–water partition coefficient (Wildman–Crippen LogP) is 2.67. The summed E-state index contributed by atoms with van der Waals surface area (Å²) in [5.41, 5.74) is 1.75. The summed E-state index contributed by atoms with van der Waals surface area (Å²) in [6, 6.07) is 15.4. The first-order chi connectivity index (χ1) is 12.1. The zero-order chi connectivity index (χ0) is 18.1. The first-order valence-electron chi connectivity index (χ1n) is 7.46. The molecule has 6 nitrogen and oxygen atoms in total. The molecular weight excluding hydrogens is 322 g/mol. The van der Waals surface area contributed by atoms with Gasteiger partial charge in [0.15, 0.2) is 6.61 Å². The van der Waals surface area contributed by atoms with E-state index in [2.05, 4.69) is 10.1 Å². The van der Waals surface area contributed by atoms with Gasteiger partial charge < -0.3 is 14.8 Å². The second-order valence-electron chi connectivity index (χ2n) is 4.97. The molecule has 0 aromatic heterocycles. The van der Waals surface area contributed by atoms with Gasteiger partial charge >= 0.3 is 11.9 Å². The van der Waals surface area contributed by atoms with Crippen LogP contribution >= 0.6 is 0 Å². The van der Waals surface area contributed by atoms with Crippen LogP contribution in [0, 0.1) is 0 Å². The third-order valence-electron chi connectivity index (χ3n) is 3.15. The lowest BCUT2D eigenvalue weighted by atomic mass is 10.1. The molecule has 0 unspecified atom stereocenters. The van der Waals surface area contributed by atoms with E-state index in [1.54, 1.807) is 48.5 Å². The fraction of sp³-hybridized carbons (Fsp3) is 0.105. The first kappa shape index (κ1) is 17.9. The van der Waals surface area contributed by atoms with Gasteiger partial charge in [0.25, 0.3) is 5.91 Å². The van der Waals surface area contributed by atoms with Gasteiger partial charge in [-0.15, -0.1) is 0 Å². The minimum atomic E-state index is -0.639. The van der Waals surface area contributed by atoms with E-state index in [1.165, 1.54) is 19.3 Å². The van der Waals surface area contributed by atoms with Crippen LogP contribution in [0.1, 0.15) is 15.9 Å². The molecule has 2 aromatic rings. The lowest BCUT2D eigenvalue weighted by Gasteiger charge is -2.04. The van der Waals surface area contributed by atoms with Crippen molar-refractivity contribution in [2.24, 2.45) is 0 Å². The number of carbonyl (C=O) groups excluding carboxylic acids is 3. The van der Waals surface area contributed by atoms with Crippen LogP contribution < -0.4 is 5.32 Å². The maximum Gasteiger partial charge on any atom is 0.337 e. The monoisotopic (exact) mass is 339 g/mol. The number of rotatable bonds is 6. The molecule has 2 rings (SSSR count). The van der Waals surface area contributed by atoms with Crippen molar-refractivity contribution in [2.75, 3.05) is 19.0 Å². The lowest BCUT2D eigenvalue weighted by molar-refractivity contribution is -0.142. The number of anilines is 1. The van der Waals surface area contributed by atoms with Gasteiger partial charge in [0, 0.05) is 11.8 Å². The molecule has 128 valence electrons. The topological polar surface area (TPSA) is 81.7 Å². The molecule has 1 N–H and O–H groups in total. The Kier molecular flexibility index (Phi) is 6.47. The summed E-state index contributed by atoms with van der Waals surface area (Å²) in [6.07, 6.45) is 2.74. The molecule has 0 radical (unpaired) electrons. The number of methoxy groups -OCH3 is 1. The molecule has 25 heavy (non-hydrogen) atoms. The summed E-state index contributed by atoms with van der Waals surface area (Å²) in [4.78, 5) is 34.6. The molecule has 0 atom stereocenters. The molecule has 0 aliphatic carbocycles. The molecule has 1 amide bonds. The van der Waals surface area contributed by atoms with Crippen LogP contribution in [-0.2, 0) is 19.1 Å². The highest BCUT2D eigenvalue weighted by Gasteiger charge is 2.06. The number of esters is 2. The SMILES string of the molecule is COC(=O)c1ccc(/C=C/C(=O)OCC(=O)Nc2ccccc2)cc1. The zero-order valence-electron chi connectivity index (χ0n) is 13.6.